The van der Waals surface area contributed by atoms with Crippen LogP contribution in [0.25, 0.3) is 0 Å². The Balaban J connectivity index is 1.44. The Bertz CT molecular complexity index is 1230. The SMILES string of the molecule is Cn1cnnc1C1(c2cccc(NC(=O)c3nccc(C=O)c3C3CC3)c2)CC(OC(F)F)C1. The van der Waals surface area contributed by atoms with Crippen molar-refractivity contribution >= 4 is 17.9 Å². The molecular formula is C24H23F2N5O3. The van der Waals surface area contributed by atoms with Crippen LogP contribution in [0, 0.1) is 0 Å². The summed E-state index contributed by atoms with van der Waals surface area (Å²) >= 11 is 0. The maximum atomic E-state index is 13.1. The highest BCUT2D eigenvalue weighted by Gasteiger charge is 2.51. The number of alkyl halides is 2. The number of aromatic nitrogens is 4. The molecule has 2 saturated carbocycles. The Hall–Kier alpha value is -3.53. The summed E-state index contributed by atoms with van der Waals surface area (Å²) in [7, 11) is 1.80. The molecule has 2 fully saturated rings. The van der Waals surface area contributed by atoms with E-state index in [1.165, 1.54) is 6.20 Å². The highest BCUT2D eigenvalue weighted by Crippen LogP contribution is 2.50. The Morgan fingerprint density at radius 1 is 1.29 bits per heavy atom. The van der Waals surface area contributed by atoms with E-state index in [-0.39, 0.29) is 11.6 Å². The van der Waals surface area contributed by atoms with E-state index in [4.69, 9.17) is 4.74 Å². The summed E-state index contributed by atoms with van der Waals surface area (Å²) in [5, 5.41) is 11.1. The van der Waals surface area contributed by atoms with Crippen LogP contribution >= 0.6 is 0 Å². The molecule has 3 aromatic rings. The fourth-order valence-electron chi connectivity index (χ4n) is 4.88. The highest BCUT2D eigenvalue weighted by atomic mass is 19.3. The van der Waals surface area contributed by atoms with E-state index in [2.05, 4.69) is 20.5 Å². The molecular weight excluding hydrogens is 444 g/mol. The zero-order chi connectivity index (χ0) is 23.9. The fraction of sp³-hybridized carbons (Fsp3) is 0.375. The zero-order valence-electron chi connectivity index (χ0n) is 18.4. The van der Waals surface area contributed by atoms with Crippen molar-refractivity contribution in [3.63, 3.8) is 0 Å². The van der Waals surface area contributed by atoms with Gasteiger partial charge in [-0.05, 0) is 60.9 Å². The first-order chi connectivity index (χ1) is 16.4. The van der Waals surface area contributed by atoms with Crippen molar-refractivity contribution in [3.05, 3.63) is 71.1 Å². The second-order valence-electron chi connectivity index (χ2n) is 8.86. The van der Waals surface area contributed by atoms with Crippen LogP contribution in [0.4, 0.5) is 14.5 Å². The lowest BCUT2D eigenvalue weighted by atomic mass is 9.62. The van der Waals surface area contributed by atoms with E-state index in [0.717, 1.165) is 24.7 Å². The number of nitrogens with zero attached hydrogens (tertiary/aromatic N) is 4. The molecule has 0 radical (unpaired) electrons. The van der Waals surface area contributed by atoms with Crippen molar-refractivity contribution in [3.8, 4) is 0 Å². The van der Waals surface area contributed by atoms with Crippen LogP contribution in [0.1, 0.15) is 69.4 Å². The van der Waals surface area contributed by atoms with Crippen molar-refractivity contribution in [2.75, 3.05) is 5.32 Å². The van der Waals surface area contributed by atoms with Gasteiger partial charge in [-0.15, -0.1) is 10.2 Å². The van der Waals surface area contributed by atoms with E-state index in [0.29, 0.717) is 35.5 Å². The summed E-state index contributed by atoms with van der Waals surface area (Å²) in [4.78, 5) is 28.9. The van der Waals surface area contributed by atoms with Crippen LogP contribution < -0.4 is 5.32 Å². The third kappa shape index (κ3) is 3.98. The minimum atomic E-state index is -2.84. The maximum Gasteiger partial charge on any atom is 0.345 e. The van der Waals surface area contributed by atoms with Crippen molar-refractivity contribution < 1.29 is 23.1 Å². The Labute approximate surface area is 194 Å². The van der Waals surface area contributed by atoms with Crippen LogP contribution in [-0.4, -0.2) is 44.7 Å². The summed E-state index contributed by atoms with van der Waals surface area (Å²) in [6.45, 7) is -2.84. The second kappa shape index (κ2) is 8.68. The first-order valence-electron chi connectivity index (χ1n) is 11.1. The number of benzene rings is 1. The Morgan fingerprint density at radius 2 is 2.09 bits per heavy atom. The summed E-state index contributed by atoms with van der Waals surface area (Å²) in [6.07, 6.45) is 5.65. The number of hydrogen-bond donors (Lipinski definition) is 1. The first-order valence-corrected chi connectivity index (χ1v) is 11.1. The molecule has 0 saturated heterocycles. The van der Waals surface area contributed by atoms with Crippen LogP contribution in [0.5, 0.6) is 0 Å². The molecule has 0 bridgehead atoms. The second-order valence-corrected chi connectivity index (χ2v) is 8.86. The number of aryl methyl sites for hydroxylation is 1. The molecule has 0 spiro atoms. The number of anilines is 1. The van der Waals surface area contributed by atoms with Gasteiger partial charge in [0.15, 0.2) is 0 Å². The highest BCUT2D eigenvalue weighted by molar-refractivity contribution is 6.05. The van der Waals surface area contributed by atoms with Gasteiger partial charge in [0.2, 0.25) is 0 Å². The summed E-state index contributed by atoms with van der Waals surface area (Å²) in [6, 6.07) is 8.85. The zero-order valence-corrected chi connectivity index (χ0v) is 18.4. The summed E-state index contributed by atoms with van der Waals surface area (Å²) in [5.74, 6) is 0.409. The number of carbonyl (C=O) groups is 2. The van der Waals surface area contributed by atoms with Gasteiger partial charge in [0.1, 0.15) is 24.1 Å². The van der Waals surface area contributed by atoms with Gasteiger partial charge >= 0.3 is 6.61 Å². The monoisotopic (exact) mass is 467 g/mol. The third-order valence-electron chi connectivity index (χ3n) is 6.61. The summed E-state index contributed by atoms with van der Waals surface area (Å²) in [5.41, 5.74) is 2.09. The quantitative estimate of drug-likeness (QED) is 0.506. The van der Waals surface area contributed by atoms with E-state index in [1.807, 2.05) is 12.1 Å². The van der Waals surface area contributed by atoms with Gasteiger partial charge in [0.25, 0.3) is 5.91 Å². The average molecular weight is 467 g/mol. The van der Waals surface area contributed by atoms with Crippen molar-refractivity contribution in [1.29, 1.82) is 0 Å². The van der Waals surface area contributed by atoms with Gasteiger partial charge in [0.05, 0.1) is 11.5 Å². The molecule has 2 aliphatic carbocycles. The molecule has 10 heteroatoms. The number of aldehydes is 1. The average Bonchev–Trinajstić information content (AvgIpc) is 3.55. The molecule has 2 heterocycles. The number of rotatable bonds is 8. The Morgan fingerprint density at radius 3 is 2.74 bits per heavy atom. The molecule has 0 aliphatic heterocycles. The molecule has 5 rings (SSSR count). The number of pyridine rings is 1. The van der Waals surface area contributed by atoms with Gasteiger partial charge in [0, 0.05) is 24.5 Å². The molecule has 34 heavy (non-hydrogen) atoms. The van der Waals surface area contributed by atoms with Gasteiger partial charge < -0.3 is 14.6 Å². The molecule has 2 aromatic heterocycles. The molecule has 1 amide bonds. The number of carbonyl (C=O) groups excluding carboxylic acids is 2. The lowest BCUT2D eigenvalue weighted by molar-refractivity contribution is -0.192. The predicted molar refractivity (Wildman–Crippen MR) is 118 cm³/mol. The molecule has 0 unspecified atom stereocenters. The maximum absolute atomic E-state index is 13.1. The van der Waals surface area contributed by atoms with Crippen LogP contribution in [0.15, 0.2) is 42.9 Å². The lowest BCUT2D eigenvalue weighted by Crippen LogP contribution is -2.49. The van der Waals surface area contributed by atoms with E-state index >= 15 is 0 Å². The van der Waals surface area contributed by atoms with Crippen molar-refractivity contribution in [2.45, 2.75) is 49.7 Å². The van der Waals surface area contributed by atoms with Gasteiger partial charge in [-0.25, -0.2) is 0 Å². The minimum Gasteiger partial charge on any atom is -0.321 e. The van der Waals surface area contributed by atoms with Gasteiger partial charge in [-0.2, -0.15) is 8.78 Å². The number of halogens is 2. The molecule has 1 aromatic carbocycles. The van der Waals surface area contributed by atoms with Gasteiger partial charge in [-0.3, -0.25) is 14.6 Å². The van der Waals surface area contributed by atoms with Crippen molar-refractivity contribution in [2.24, 2.45) is 7.05 Å². The van der Waals surface area contributed by atoms with E-state index in [9.17, 15) is 18.4 Å². The van der Waals surface area contributed by atoms with E-state index in [1.54, 1.807) is 36.1 Å². The predicted octanol–water partition coefficient (Wildman–Crippen LogP) is 3.84. The third-order valence-corrected chi connectivity index (χ3v) is 6.61. The standard InChI is InChI=1S/C24H23F2N5O3/c1-31-13-28-30-22(31)24(10-18(11-24)34-23(25)26)16-3-2-4-17(9-16)29-21(33)20-19(14-5-6-14)15(12-32)7-8-27-20/h2-4,7-9,12-14,18,23H,5-6,10-11H2,1H3,(H,29,33). The normalized spacial score (nSPS) is 21.8. The topological polar surface area (TPSA) is 99.0 Å². The number of ether oxygens (including phenoxy) is 1. The molecule has 0 atom stereocenters. The van der Waals surface area contributed by atoms with Crippen LogP contribution in [0.3, 0.4) is 0 Å². The van der Waals surface area contributed by atoms with Crippen LogP contribution in [-0.2, 0) is 17.2 Å². The Kier molecular flexibility index (Phi) is 5.68. The molecule has 2 aliphatic rings. The van der Waals surface area contributed by atoms with Crippen molar-refractivity contribution in [1.82, 2.24) is 19.7 Å². The molecule has 8 nitrogen and oxygen atoms in total. The van der Waals surface area contributed by atoms with Crippen LogP contribution in [0.2, 0.25) is 0 Å². The van der Waals surface area contributed by atoms with Gasteiger partial charge in [-0.1, -0.05) is 12.1 Å². The van der Waals surface area contributed by atoms with E-state index < -0.39 is 24.0 Å². The first kappa shape index (κ1) is 22.3. The lowest BCUT2D eigenvalue weighted by Gasteiger charge is -2.46. The largest absolute Gasteiger partial charge is 0.345 e. The molecule has 176 valence electrons. The molecule has 1 N–H and O–H groups in total. The fourth-order valence-corrected chi connectivity index (χ4v) is 4.88. The number of amides is 1. The number of hydrogen-bond acceptors (Lipinski definition) is 6. The number of nitrogens with one attached hydrogen (secondary N) is 1. The summed E-state index contributed by atoms with van der Waals surface area (Å²) < 4.78 is 32.0. The minimum absolute atomic E-state index is 0.168. The smallest absolute Gasteiger partial charge is 0.321 e.